The second-order valence-electron chi connectivity index (χ2n) is 8.80. The number of ether oxygens (including phenoxy) is 1. The number of carboxylic acids is 1. The Morgan fingerprint density at radius 3 is 2.57 bits per heavy atom. The summed E-state index contributed by atoms with van der Waals surface area (Å²) in [5.74, 6) is -0.449. The van der Waals surface area contributed by atoms with Gasteiger partial charge in [-0.3, -0.25) is 4.79 Å². The Balaban J connectivity index is 1.59. The van der Waals surface area contributed by atoms with E-state index in [1.54, 1.807) is 30.5 Å². The number of para-hydroxylation sites is 1. The summed E-state index contributed by atoms with van der Waals surface area (Å²) >= 11 is 0. The van der Waals surface area contributed by atoms with Crippen LogP contribution in [0.2, 0.25) is 0 Å². The van der Waals surface area contributed by atoms with Gasteiger partial charge in [0.25, 0.3) is 0 Å². The number of fused-ring (bicyclic) bond motifs is 1. The molecule has 1 aliphatic rings. The lowest BCUT2D eigenvalue weighted by Gasteiger charge is -2.14. The molecule has 8 heteroatoms. The number of rotatable bonds is 9. The lowest BCUT2D eigenvalue weighted by Crippen LogP contribution is -2.16. The zero-order valence-corrected chi connectivity index (χ0v) is 19.9. The largest absolute Gasteiger partial charge is 0.489 e. The number of nitrogens with zero attached hydrogens (tertiary/aromatic N) is 1. The normalized spacial score (nSPS) is 13.7. The van der Waals surface area contributed by atoms with Gasteiger partial charge < -0.3 is 15.6 Å². The molecule has 180 valence electrons. The predicted molar refractivity (Wildman–Crippen MR) is 135 cm³/mol. The Hall–Kier alpha value is -3.62. The molecule has 0 atom stereocenters. The van der Waals surface area contributed by atoms with Crippen molar-refractivity contribution >= 4 is 26.9 Å². The molecule has 1 aliphatic carbocycles. The van der Waals surface area contributed by atoms with Gasteiger partial charge >= 0.3 is 5.97 Å². The molecular formula is C27H26N2O5S. The molecule has 35 heavy (non-hydrogen) atoms. The molecule has 0 unspecified atom stereocenters. The van der Waals surface area contributed by atoms with E-state index in [0.717, 1.165) is 27.6 Å². The maximum absolute atomic E-state index is 13.1. The van der Waals surface area contributed by atoms with Gasteiger partial charge in [0, 0.05) is 23.7 Å². The molecule has 0 bridgehead atoms. The van der Waals surface area contributed by atoms with Crippen molar-refractivity contribution in [3.8, 4) is 16.9 Å². The van der Waals surface area contributed by atoms with Gasteiger partial charge in [-0.05, 0) is 65.4 Å². The summed E-state index contributed by atoms with van der Waals surface area (Å²) < 4.78 is 33.6. The van der Waals surface area contributed by atoms with Crippen LogP contribution in [0.5, 0.6) is 5.75 Å². The van der Waals surface area contributed by atoms with Crippen molar-refractivity contribution in [2.45, 2.75) is 37.7 Å². The Morgan fingerprint density at radius 1 is 1.03 bits per heavy atom. The van der Waals surface area contributed by atoms with Crippen molar-refractivity contribution in [2.75, 3.05) is 0 Å². The molecule has 1 saturated carbocycles. The van der Waals surface area contributed by atoms with E-state index in [1.807, 2.05) is 42.5 Å². The number of nitrogens with two attached hydrogens (primary N) is 1. The quantitative estimate of drug-likeness (QED) is 0.362. The smallest absolute Gasteiger partial charge is 0.307 e. The number of hydrogen-bond donors (Lipinski definition) is 2. The average molecular weight is 491 g/mol. The van der Waals surface area contributed by atoms with Gasteiger partial charge in [0.2, 0.25) is 10.0 Å². The van der Waals surface area contributed by atoms with Gasteiger partial charge in [-0.15, -0.1) is 0 Å². The van der Waals surface area contributed by atoms with Crippen molar-refractivity contribution in [3.05, 3.63) is 89.6 Å². The molecule has 3 N–H and O–H groups in total. The third kappa shape index (κ3) is 4.67. The topological polar surface area (TPSA) is 112 Å². The van der Waals surface area contributed by atoms with E-state index in [0.29, 0.717) is 36.2 Å². The molecule has 0 radical (unpaired) electrons. The third-order valence-electron chi connectivity index (χ3n) is 6.23. The van der Waals surface area contributed by atoms with Crippen molar-refractivity contribution in [1.82, 2.24) is 3.97 Å². The number of hydrogen-bond acceptors (Lipinski definition) is 5. The Bertz CT molecular complexity index is 1520. The molecule has 0 aliphatic heterocycles. The van der Waals surface area contributed by atoms with Gasteiger partial charge in [-0.1, -0.05) is 36.4 Å². The van der Waals surface area contributed by atoms with E-state index in [2.05, 4.69) is 0 Å². The van der Waals surface area contributed by atoms with Crippen molar-refractivity contribution in [1.29, 1.82) is 0 Å². The summed E-state index contributed by atoms with van der Waals surface area (Å²) in [7, 11) is -3.47. The Morgan fingerprint density at radius 2 is 1.83 bits per heavy atom. The molecule has 0 spiro atoms. The van der Waals surface area contributed by atoms with Gasteiger partial charge in [0.05, 0.1) is 17.2 Å². The molecule has 1 aromatic heterocycles. The highest BCUT2D eigenvalue weighted by Gasteiger charge is 2.37. The van der Waals surface area contributed by atoms with Crippen molar-refractivity contribution in [3.63, 3.8) is 0 Å². The SMILES string of the molecule is NCc1cccc(-c2cc(COc3ccccc3CC(=O)O)cc3c2ccn3S(=O)(=O)C2CC2)c1. The zero-order valence-electron chi connectivity index (χ0n) is 19.1. The second kappa shape index (κ2) is 9.20. The number of carbonyl (C=O) groups is 1. The first-order chi connectivity index (χ1) is 16.9. The van der Waals surface area contributed by atoms with Crippen LogP contribution in [0.4, 0.5) is 0 Å². The molecule has 5 rings (SSSR count). The summed E-state index contributed by atoms with van der Waals surface area (Å²) in [5.41, 5.74) is 10.6. The average Bonchev–Trinajstić information content (AvgIpc) is 3.63. The minimum Gasteiger partial charge on any atom is -0.489 e. The van der Waals surface area contributed by atoms with Crippen LogP contribution < -0.4 is 10.5 Å². The van der Waals surface area contributed by atoms with Crippen molar-refractivity contribution in [2.24, 2.45) is 5.73 Å². The molecular weight excluding hydrogens is 464 g/mol. The van der Waals surface area contributed by atoms with Crippen LogP contribution >= 0.6 is 0 Å². The fourth-order valence-corrected chi connectivity index (χ4v) is 6.04. The highest BCUT2D eigenvalue weighted by molar-refractivity contribution is 7.91. The third-order valence-corrected chi connectivity index (χ3v) is 8.41. The summed E-state index contributed by atoms with van der Waals surface area (Å²) in [6.07, 6.45) is 2.84. The van der Waals surface area contributed by atoms with Crippen LogP contribution in [-0.4, -0.2) is 28.7 Å². The van der Waals surface area contributed by atoms with Gasteiger partial charge in [-0.25, -0.2) is 12.4 Å². The van der Waals surface area contributed by atoms with E-state index < -0.39 is 16.0 Å². The molecule has 1 fully saturated rings. The standard InChI is InChI=1S/C27H26N2O5S/c28-16-18-4-3-6-20(12-18)24-13-19(17-34-26-7-2-1-5-21(26)15-27(30)31)14-25-23(24)10-11-29(25)35(32,33)22-8-9-22/h1-7,10-14,22H,8-9,15-17,28H2,(H,30,31). The van der Waals surface area contributed by atoms with Gasteiger partial charge in [0.1, 0.15) is 12.4 Å². The highest BCUT2D eigenvalue weighted by atomic mass is 32.2. The lowest BCUT2D eigenvalue weighted by molar-refractivity contribution is -0.136. The van der Waals surface area contributed by atoms with Gasteiger partial charge in [-0.2, -0.15) is 0 Å². The lowest BCUT2D eigenvalue weighted by atomic mass is 9.97. The van der Waals surface area contributed by atoms with Crippen LogP contribution in [-0.2, 0) is 34.4 Å². The van der Waals surface area contributed by atoms with Crippen LogP contribution in [0.3, 0.4) is 0 Å². The summed E-state index contributed by atoms with van der Waals surface area (Å²) in [6, 6.07) is 20.6. The van der Waals surface area contributed by atoms with Crippen LogP contribution in [0.15, 0.2) is 72.9 Å². The predicted octanol–water partition coefficient (Wildman–Crippen LogP) is 4.31. The number of aromatic nitrogens is 1. The molecule has 0 amide bonds. The first-order valence-corrected chi connectivity index (χ1v) is 13.0. The van der Waals surface area contributed by atoms with Crippen molar-refractivity contribution < 1.29 is 23.1 Å². The monoisotopic (exact) mass is 490 g/mol. The zero-order chi connectivity index (χ0) is 24.6. The minimum absolute atomic E-state index is 0.144. The van der Waals surface area contributed by atoms with Crippen LogP contribution in [0, 0.1) is 0 Å². The first kappa shape index (κ1) is 23.1. The first-order valence-electron chi connectivity index (χ1n) is 11.5. The minimum atomic E-state index is -3.47. The van der Waals surface area contributed by atoms with E-state index in [4.69, 9.17) is 10.5 Å². The fraction of sp³-hybridized carbons (Fsp3) is 0.222. The van der Waals surface area contributed by atoms with E-state index >= 15 is 0 Å². The van der Waals surface area contributed by atoms with E-state index in [-0.39, 0.29) is 18.3 Å². The maximum atomic E-state index is 13.1. The summed E-state index contributed by atoms with van der Waals surface area (Å²) in [6.45, 7) is 0.558. The van der Waals surface area contributed by atoms with Crippen LogP contribution in [0.1, 0.15) is 29.5 Å². The van der Waals surface area contributed by atoms with Crippen LogP contribution in [0.25, 0.3) is 22.0 Å². The van der Waals surface area contributed by atoms with E-state index in [1.165, 1.54) is 3.97 Å². The number of carboxylic acid groups (broad SMARTS) is 1. The summed E-state index contributed by atoms with van der Waals surface area (Å²) in [4.78, 5) is 11.2. The fourth-order valence-electron chi connectivity index (χ4n) is 4.33. The number of aliphatic carboxylic acids is 1. The maximum Gasteiger partial charge on any atom is 0.307 e. The van der Waals surface area contributed by atoms with Gasteiger partial charge in [0.15, 0.2) is 0 Å². The Kier molecular flexibility index (Phi) is 6.08. The summed E-state index contributed by atoms with van der Waals surface area (Å²) in [5, 5.41) is 9.70. The molecule has 3 aromatic carbocycles. The van der Waals surface area contributed by atoms with E-state index in [9.17, 15) is 18.3 Å². The molecule has 1 heterocycles. The second-order valence-corrected chi connectivity index (χ2v) is 10.9. The molecule has 0 saturated heterocycles. The Labute approximate surface area is 203 Å². The molecule has 7 nitrogen and oxygen atoms in total. The number of benzene rings is 3. The highest BCUT2D eigenvalue weighted by Crippen LogP contribution is 2.36. The molecule has 4 aromatic rings.